The van der Waals surface area contributed by atoms with Crippen molar-refractivity contribution in [2.24, 2.45) is 11.7 Å². The minimum absolute atomic E-state index is 0.224. The lowest BCUT2D eigenvalue weighted by atomic mass is 9.94. The number of aromatic nitrogens is 1. The van der Waals surface area contributed by atoms with Crippen LogP contribution in [0.3, 0.4) is 0 Å². The number of methoxy groups -OCH3 is 1. The van der Waals surface area contributed by atoms with E-state index in [1.54, 1.807) is 18.3 Å². The van der Waals surface area contributed by atoms with Crippen LogP contribution in [0.25, 0.3) is 10.8 Å². The van der Waals surface area contributed by atoms with E-state index in [-0.39, 0.29) is 24.1 Å². The number of nitrogens with one attached hydrogen (secondary N) is 1. The monoisotopic (exact) mass is 456 g/mol. The highest BCUT2D eigenvalue weighted by Crippen LogP contribution is 2.33. The fraction of sp³-hybridized carbons (Fsp3) is 0.458. The molecule has 0 radical (unpaired) electrons. The smallest absolute Gasteiger partial charge is 0.255 e. The van der Waals surface area contributed by atoms with Crippen molar-refractivity contribution in [2.45, 2.75) is 32.0 Å². The van der Waals surface area contributed by atoms with Gasteiger partial charge in [-0.1, -0.05) is 18.8 Å². The molecule has 33 heavy (non-hydrogen) atoms. The third kappa shape index (κ3) is 5.34. The number of hydrogen-bond acceptors (Lipinski definition) is 6. The van der Waals surface area contributed by atoms with Gasteiger partial charge in [-0.25, -0.2) is 9.37 Å². The maximum atomic E-state index is 14.0. The largest absolute Gasteiger partial charge is 0.496 e. The number of primary amides is 1. The molecule has 1 aromatic heterocycles. The second-order valence-electron chi connectivity index (χ2n) is 8.20. The molecule has 3 rings (SSSR count). The third-order valence-corrected chi connectivity index (χ3v) is 5.66. The number of ether oxygens (including phenoxy) is 2. The van der Waals surface area contributed by atoms with Crippen LogP contribution in [0.4, 0.5) is 4.39 Å². The zero-order chi connectivity index (χ0) is 24.1. The van der Waals surface area contributed by atoms with Gasteiger partial charge in [0.25, 0.3) is 11.8 Å². The van der Waals surface area contributed by atoms with Crippen LogP contribution in [0.15, 0.2) is 18.3 Å². The lowest BCUT2D eigenvalue weighted by molar-refractivity contribution is -0.123. The molecule has 3 atom stereocenters. The predicted octanol–water partition coefficient (Wildman–Crippen LogP) is 1.89. The van der Waals surface area contributed by atoms with Crippen LogP contribution in [0.5, 0.6) is 11.6 Å². The molecule has 8 nitrogen and oxygen atoms in total. The highest BCUT2D eigenvalue weighted by molar-refractivity contribution is 6.03. The zero-order valence-electron chi connectivity index (χ0n) is 19.3. The van der Waals surface area contributed by atoms with Crippen molar-refractivity contribution >= 4 is 22.6 Å². The van der Waals surface area contributed by atoms with Crippen LogP contribution in [-0.2, 0) is 4.79 Å². The number of halogens is 1. The standard InChI is InChI=1S/C24H29FN4O4/c1-5-15-19(28-23(31)21(15)25)8-10-33-24-17-12-20(32-4)18(22(26)30)11-16(17)14(13-27-24)7-6-9-29(2)3/h11-13,15,19,21H,5,8-10H2,1-4H3,(H2,26,30)(H,28,31)/t15-,19+,21-/m0/s1. The van der Waals surface area contributed by atoms with E-state index < -0.39 is 18.0 Å². The number of carbonyl (C=O) groups is 2. The molecule has 1 fully saturated rings. The molecule has 2 amide bonds. The molecule has 0 unspecified atom stereocenters. The Morgan fingerprint density at radius 2 is 2.09 bits per heavy atom. The quantitative estimate of drug-likeness (QED) is 0.588. The van der Waals surface area contributed by atoms with E-state index >= 15 is 0 Å². The number of nitrogens with two attached hydrogens (primary N) is 1. The Kier molecular flexibility index (Phi) is 7.71. The number of amides is 2. The number of benzene rings is 1. The Hall–Kier alpha value is -3.38. The van der Waals surface area contributed by atoms with Gasteiger partial charge in [-0.3, -0.25) is 14.5 Å². The second kappa shape index (κ2) is 10.5. The topological polar surface area (TPSA) is 107 Å². The minimum Gasteiger partial charge on any atom is -0.496 e. The number of nitrogens with zero attached hydrogens (tertiary/aromatic N) is 2. The Morgan fingerprint density at radius 1 is 1.33 bits per heavy atom. The number of fused-ring (bicyclic) bond motifs is 1. The van der Waals surface area contributed by atoms with E-state index in [2.05, 4.69) is 22.1 Å². The normalized spacial score (nSPS) is 19.8. The first-order chi connectivity index (χ1) is 15.8. The molecule has 0 aliphatic carbocycles. The number of rotatable bonds is 8. The van der Waals surface area contributed by atoms with E-state index in [0.29, 0.717) is 47.4 Å². The van der Waals surface area contributed by atoms with Gasteiger partial charge in [-0.2, -0.15) is 0 Å². The lowest BCUT2D eigenvalue weighted by Crippen LogP contribution is -2.30. The first-order valence-corrected chi connectivity index (χ1v) is 10.8. The molecule has 1 aliphatic rings. The van der Waals surface area contributed by atoms with Crippen LogP contribution < -0.4 is 20.5 Å². The summed E-state index contributed by atoms with van der Waals surface area (Å²) in [5.74, 6) is 5.20. The van der Waals surface area contributed by atoms with Crippen LogP contribution in [0.2, 0.25) is 0 Å². The van der Waals surface area contributed by atoms with Gasteiger partial charge in [0.1, 0.15) is 5.75 Å². The van der Waals surface area contributed by atoms with Gasteiger partial charge in [0.15, 0.2) is 6.17 Å². The Balaban J connectivity index is 1.92. The SMILES string of the molecule is CC[C@@H]1[C@H](F)C(=O)N[C@@H]1CCOc1ncc(C#CCN(C)C)c2cc(C(N)=O)c(OC)cc12. The summed E-state index contributed by atoms with van der Waals surface area (Å²) >= 11 is 0. The summed E-state index contributed by atoms with van der Waals surface area (Å²) in [6, 6.07) is 2.98. The number of pyridine rings is 1. The molecule has 1 saturated heterocycles. The molecule has 9 heteroatoms. The van der Waals surface area contributed by atoms with E-state index in [0.717, 1.165) is 0 Å². The van der Waals surface area contributed by atoms with Gasteiger partial charge in [0.05, 0.1) is 31.4 Å². The molecule has 1 aliphatic heterocycles. The molecule has 0 saturated carbocycles. The summed E-state index contributed by atoms with van der Waals surface area (Å²) in [5.41, 5.74) is 6.39. The first-order valence-electron chi connectivity index (χ1n) is 10.8. The maximum absolute atomic E-state index is 14.0. The maximum Gasteiger partial charge on any atom is 0.255 e. The molecule has 2 aromatic rings. The van der Waals surface area contributed by atoms with E-state index in [9.17, 15) is 14.0 Å². The van der Waals surface area contributed by atoms with Gasteiger partial charge < -0.3 is 20.5 Å². The van der Waals surface area contributed by atoms with Crippen molar-refractivity contribution in [2.75, 3.05) is 34.4 Å². The molecule has 0 bridgehead atoms. The van der Waals surface area contributed by atoms with Crippen molar-refractivity contribution in [1.82, 2.24) is 15.2 Å². The molecule has 3 N–H and O–H groups in total. The summed E-state index contributed by atoms with van der Waals surface area (Å²) < 4.78 is 25.3. The number of carbonyl (C=O) groups excluding carboxylic acids is 2. The van der Waals surface area contributed by atoms with Crippen LogP contribution in [0.1, 0.15) is 35.7 Å². The number of alkyl halides is 1. The third-order valence-electron chi connectivity index (χ3n) is 5.66. The molecular weight excluding hydrogens is 427 g/mol. The van der Waals surface area contributed by atoms with Crippen molar-refractivity contribution < 1.29 is 23.5 Å². The summed E-state index contributed by atoms with van der Waals surface area (Å²) in [6.45, 7) is 2.64. The fourth-order valence-corrected chi connectivity index (χ4v) is 3.94. The van der Waals surface area contributed by atoms with E-state index in [1.165, 1.54) is 7.11 Å². The van der Waals surface area contributed by atoms with Crippen molar-refractivity contribution in [3.05, 3.63) is 29.5 Å². The lowest BCUT2D eigenvalue weighted by Gasteiger charge is -2.18. The van der Waals surface area contributed by atoms with E-state index in [4.69, 9.17) is 15.2 Å². The van der Waals surface area contributed by atoms with Gasteiger partial charge in [0, 0.05) is 35.3 Å². The van der Waals surface area contributed by atoms with Crippen LogP contribution in [-0.4, -0.2) is 68.3 Å². The highest BCUT2D eigenvalue weighted by atomic mass is 19.1. The number of hydrogen-bond donors (Lipinski definition) is 2. The van der Waals surface area contributed by atoms with Gasteiger partial charge in [-0.15, -0.1) is 0 Å². The zero-order valence-corrected chi connectivity index (χ0v) is 19.3. The second-order valence-corrected chi connectivity index (χ2v) is 8.20. The van der Waals surface area contributed by atoms with Crippen molar-refractivity contribution in [1.29, 1.82) is 0 Å². The molecule has 1 aromatic carbocycles. The average Bonchev–Trinajstić information content (AvgIpc) is 3.06. The van der Waals surface area contributed by atoms with Gasteiger partial charge in [0.2, 0.25) is 5.88 Å². The van der Waals surface area contributed by atoms with Gasteiger partial charge >= 0.3 is 0 Å². The van der Waals surface area contributed by atoms with Crippen molar-refractivity contribution in [3.63, 3.8) is 0 Å². The summed E-state index contributed by atoms with van der Waals surface area (Å²) in [6.07, 6.45) is 1.09. The van der Waals surface area contributed by atoms with Crippen molar-refractivity contribution in [3.8, 4) is 23.5 Å². The summed E-state index contributed by atoms with van der Waals surface area (Å²) in [5, 5.41) is 3.97. The molecular formula is C24H29FN4O4. The fourth-order valence-electron chi connectivity index (χ4n) is 3.94. The average molecular weight is 457 g/mol. The minimum atomic E-state index is -1.49. The summed E-state index contributed by atoms with van der Waals surface area (Å²) in [7, 11) is 5.28. The highest BCUT2D eigenvalue weighted by Gasteiger charge is 2.41. The van der Waals surface area contributed by atoms with Crippen LogP contribution >= 0.6 is 0 Å². The van der Waals surface area contributed by atoms with Gasteiger partial charge in [-0.05, 0) is 32.6 Å². The molecule has 2 heterocycles. The van der Waals surface area contributed by atoms with E-state index in [1.807, 2.05) is 25.9 Å². The molecule has 0 spiro atoms. The predicted molar refractivity (Wildman–Crippen MR) is 123 cm³/mol. The van der Waals surface area contributed by atoms with Crippen LogP contribution in [0, 0.1) is 17.8 Å². The first kappa shape index (κ1) is 24.3. The Labute approximate surface area is 192 Å². The Morgan fingerprint density at radius 3 is 2.73 bits per heavy atom. The Bertz CT molecular complexity index is 1110. The summed E-state index contributed by atoms with van der Waals surface area (Å²) in [4.78, 5) is 30.0. The molecule has 176 valence electrons.